The third-order valence-electron chi connectivity index (χ3n) is 7.93. The third-order valence-corrected chi connectivity index (χ3v) is 7.93. The third kappa shape index (κ3) is 5.42. The Morgan fingerprint density at radius 1 is 0.933 bits per heavy atom. The number of rotatable bonds is 7. The average molecular weight is 609 g/mol. The summed E-state index contributed by atoms with van der Waals surface area (Å²) in [6, 6.07) is 10.1. The lowest BCUT2D eigenvalue weighted by atomic mass is 9.96. The van der Waals surface area contributed by atoms with Crippen molar-refractivity contribution in [3.05, 3.63) is 88.4 Å². The number of anilines is 1. The first-order chi connectivity index (χ1) is 21.6. The quantitative estimate of drug-likeness (QED) is 0.214. The van der Waals surface area contributed by atoms with Crippen LogP contribution < -0.4 is 27.9 Å². The summed E-state index contributed by atoms with van der Waals surface area (Å²) in [5, 5.41) is 16.5. The molecule has 0 bridgehead atoms. The van der Waals surface area contributed by atoms with Crippen molar-refractivity contribution in [3.8, 4) is 44.9 Å². The van der Waals surface area contributed by atoms with Gasteiger partial charge in [0.2, 0.25) is 5.43 Å². The normalized spacial score (nSPS) is 13.6. The van der Waals surface area contributed by atoms with Crippen molar-refractivity contribution in [3.63, 3.8) is 0 Å². The van der Waals surface area contributed by atoms with E-state index in [1.54, 1.807) is 18.5 Å². The number of carbonyl (C=O) groups is 2. The van der Waals surface area contributed by atoms with Crippen LogP contribution in [0.3, 0.4) is 0 Å². The number of primary amides is 2. The first-order valence-corrected chi connectivity index (χ1v) is 14.1. The second-order valence-electron chi connectivity index (χ2n) is 10.7. The lowest BCUT2D eigenvalue weighted by Gasteiger charge is -2.22. The van der Waals surface area contributed by atoms with Gasteiger partial charge in [-0.25, -0.2) is 9.37 Å². The molecule has 0 atom stereocenters. The summed E-state index contributed by atoms with van der Waals surface area (Å²) >= 11 is 0. The van der Waals surface area contributed by atoms with Gasteiger partial charge in [0.25, 0.3) is 11.8 Å². The number of pyridine rings is 2. The number of carbonyl (C=O) groups excluding carboxylic acids is 2. The van der Waals surface area contributed by atoms with E-state index in [1.165, 1.54) is 29.8 Å². The van der Waals surface area contributed by atoms with Crippen LogP contribution in [0.15, 0.2) is 65.8 Å². The molecule has 45 heavy (non-hydrogen) atoms. The highest BCUT2D eigenvalue weighted by atomic mass is 19.1. The molecule has 0 unspecified atom stereocenters. The number of nitrogens with two attached hydrogens (primary N) is 3. The second-order valence-corrected chi connectivity index (χ2v) is 10.7. The van der Waals surface area contributed by atoms with Crippen LogP contribution in [0.4, 0.5) is 10.2 Å². The van der Waals surface area contributed by atoms with E-state index in [0.29, 0.717) is 17.3 Å². The molecule has 1 aromatic carbocycles. The molecular weight excluding hydrogens is 579 g/mol. The van der Waals surface area contributed by atoms with E-state index >= 15 is 0 Å². The van der Waals surface area contributed by atoms with Crippen molar-refractivity contribution in [2.45, 2.75) is 18.9 Å². The highest BCUT2D eigenvalue weighted by Crippen LogP contribution is 2.32. The zero-order valence-corrected chi connectivity index (χ0v) is 24.2. The summed E-state index contributed by atoms with van der Waals surface area (Å²) in [5.74, 6) is -2.33. The summed E-state index contributed by atoms with van der Waals surface area (Å²) < 4.78 is 16.9. The van der Waals surface area contributed by atoms with E-state index < -0.39 is 28.6 Å². The fourth-order valence-corrected chi connectivity index (χ4v) is 5.69. The number of nitrogens with one attached hydrogen (secondary N) is 1. The molecule has 14 heteroatoms. The van der Waals surface area contributed by atoms with Crippen molar-refractivity contribution < 1.29 is 14.0 Å². The molecule has 7 N–H and O–H groups in total. The van der Waals surface area contributed by atoms with Crippen molar-refractivity contribution in [1.29, 1.82) is 0 Å². The van der Waals surface area contributed by atoms with E-state index in [4.69, 9.17) is 17.2 Å². The summed E-state index contributed by atoms with van der Waals surface area (Å²) in [5.41, 5.74) is 18.6. The maximum atomic E-state index is 13.7. The molecule has 6 rings (SSSR count). The van der Waals surface area contributed by atoms with Crippen molar-refractivity contribution in [2.24, 2.45) is 18.5 Å². The Morgan fingerprint density at radius 2 is 1.62 bits per heavy atom. The predicted molar refractivity (Wildman–Crippen MR) is 165 cm³/mol. The number of piperidine rings is 1. The minimum absolute atomic E-state index is 0.0589. The van der Waals surface area contributed by atoms with Gasteiger partial charge in [-0.1, -0.05) is 12.1 Å². The van der Waals surface area contributed by atoms with Crippen LogP contribution in [0.5, 0.6) is 0 Å². The van der Waals surface area contributed by atoms with Gasteiger partial charge in [0.15, 0.2) is 0 Å². The standard InChI is InChI=1S/C31H29FN10O3/c1-41-26(25(30(34)44)28(43)24(27(41)31(35)45)16-2-4-19(32)5-3-16)23-7-6-22(39-40-23)21-12-17(13-37-29(21)33)18-14-38-42(15-18)20-8-10-36-11-9-20/h2-7,12-15,20,36H,8-11H2,1H3,(H2,33,37)(H2,34,44)(H2,35,45). The van der Waals surface area contributed by atoms with Gasteiger partial charge in [-0.05, 0) is 61.8 Å². The van der Waals surface area contributed by atoms with Crippen LogP contribution in [0.25, 0.3) is 44.9 Å². The van der Waals surface area contributed by atoms with Gasteiger partial charge in [-0.15, -0.1) is 10.2 Å². The molecule has 0 radical (unpaired) electrons. The average Bonchev–Trinajstić information content (AvgIpc) is 3.53. The van der Waals surface area contributed by atoms with E-state index in [2.05, 4.69) is 25.6 Å². The maximum Gasteiger partial charge on any atom is 0.266 e. The molecular formula is C31H29FN10O3. The molecule has 1 saturated heterocycles. The van der Waals surface area contributed by atoms with Crippen molar-refractivity contribution in [1.82, 2.24) is 34.8 Å². The minimum atomic E-state index is -1.05. The lowest BCUT2D eigenvalue weighted by molar-refractivity contribution is 0.0981. The number of aromatic nitrogens is 6. The van der Waals surface area contributed by atoms with Crippen LogP contribution in [-0.2, 0) is 7.05 Å². The zero-order chi connectivity index (χ0) is 31.8. The Labute approximate surface area is 255 Å². The first-order valence-electron chi connectivity index (χ1n) is 14.1. The Morgan fingerprint density at radius 3 is 2.27 bits per heavy atom. The van der Waals surface area contributed by atoms with Gasteiger partial charge >= 0.3 is 0 Å². The van der Waals surface area contributed by atoms with Crippen LogP contribution in [-0.4, -0.2) is 54.4 Å². The van der Waals surface area contributed by atoms with Gasteiger partial charge in [-0.3, -0.25) is 19.1 Å². The Kier molecular flexibility index (Phi) is 7.64. The molecule has 2 amide bonds. The summed E-state index contributed by atoms with van der Waals surface area (Å²) in [7, 11) is 1.44. The lowest BCUT2D eigenvalue weighted by Crippen LogP contribution is -2.32. The topological polar surface area (TPSA) is 203 Å². The first kappa shape index (κ1) is 29.3. The summed E-state index contributed by atoms with van der Waals surface area (Å²) in [4.78, 5) is 43.3. The Hall–Kier alpha value is -5.76. The Bertz CT molecular complexity index is 2000. The molecule has 0 aliphatic carbocycles. The number of hydrogen-bond donors (Lipinski definition) is 4. The predicted octanol–water partition coefficient (Wildman–Crippen LogP) is 2.28. The molecule has 4 aromatic heterocycles. The van der Waals surface area contributed by atoms with Crippen molar-refractivity contribution in [2.75, 3.05) is 18.8 Å². The minimum Gasteiger partial charge on any atom is -0.383 e. The van der Waals surface area contributed by atoms with E-state index in [-0.39, 0.29) is 34.0 Å². The second kappa shape index (κ2) is 11.7. The van der Waals surface area contributed by atoms with E-state index in [1.807, 2.05) is 16.9 Å². The van der Waals surface area contributed by atoms with Crippen LogP contribution in [0.1, 0.15) is 39.7 Å². The van der Waals surface area contributed by atoms with Gasteiger partial charge in [-0.2, -0.15) is 5.10 Å². The monoisotopic (exact) mass is 608 g/mol. The molecule has 1 aliphatic rings. The maximum absolute atomic E-state index is 13.7. The zero-order valence-electron chi connectivity index (χ0n) is 24.2. The summed E-state index contributed by atoms with van der Waals surface area (Å²) in [6.45, 7) is 1.89. The van der Waals surface area contributed by atoms with E-state index in [0.717, 1.165) is 49.2 Å². The highest BCUT2D eigenvalue weighted by molar-refractivity contribution is 6.04. The largest absolute Gasteiger partial charge is 0.383 e. The van der Waals surface area contributed by atoms with Gasteiger partial charge < -0.3 is 27.1 Å². The number of nitrogens with zero attached hydrogens (tertiary/aromatic N) is 6. The van der Waals surface area contributed by atoms with E-state index in [9.17, 15) is 18.8 Å². The fourth-order valence-electron chi connectivity index (χ4n) is 5.69. The Balaban J connectivity index is 1.41. The van der Waals surface area contributed by atoms with Gasteiger partial charge in [0, 0.05) is 36.1 Å². The van der Waals surface area contributed by atoms with Crippen LogP contribution in [0, 0.1) is 5.82 Å². The fraction of sp³-hybridized carbons (Fsp3) is 0.194. The van der Waals surface area contributed by atoms with Gasteiger partial charge in [0.1, 0.15) is 28.6 Å². The molecule has 0 saturated carbocycles. The van der Waals surface area contributed by atoms with Crippen molar-refractivity contribution >= 4 is 17.6 Å². The number of nitrogen functional groups attached to an aromatic ring is 1. The number of benzene rings is 1. The number of halogens is 1. The van der Waals surface area contributed by atoms with Crippen LogP contribution in [0.2, 0.25) is 0 Å². The molecule has 1 fully saturated rings. The molecule has 5 aromatic rings. The number of hydrogen-bond acceptors (Lipinski definition) is 9. The number of amides is 2. The molecule has 1 aliphatic heterocycles. The van der Waals surface area contributed by atoms with Crippen LogP contribution >= 0.6 is 0 Å². The smallest absolute Gasteiger partial charge is 0.266 e. The highest BCUT2D eigenvalue weighted by Gasteiger charge is 2.28. The van der Waals surface area contributed by atoms with Gasteiger partial charge in [0.05, 0.1) is 29.2 Å². The molecule has 5 heterocycles. The SMILES string of the molecule is Cn1c(C(N)=O)c(-c2ccc(F)cc2)c(=O)c(C(N)=O)c1-c1ccc(-c2cc(-c3cnn(C4CCNCC4)c3)cnc2N)nn1. The molecule has 13 nitrogen and oxygen atoms in total. The summed E-state index contributed by atoms with van der Waals surface area (Å²) in [6.07, 6.45) is 7.42. The molecule has 228 valence electrons. The molecule has 0 spiro atoms.